The van der Waals surface area contributed by atoms with E-state index in [-0.39, 0.29) is 23.4 Å². The summed E-state index contributed by atoms with van der Waals surface area (Å²) in [6, 6.07) is 22.0. The summed E-state index contributed by atoms with van der Waals surface area (Å²) in [5, 5.41) is 25.8. The van der Waals surface area contributed by atoms with Crippen molar-refractivity contribution >= 4 is 27.6 Å². The number of hydrogen-bond acceptors (Lipinski definition) is 14. The Bertz CT molecular complexity index is 2400. The number of halogens is 1. The minimum Gasteiger partial charge on any atom is -0.414 e. The van der Waals surface area contributed by atoms with E-state index >= 15 is 0 Å². The standard InChI is InChI=1S/C24H23N7O.C15H14BrN5O/c1-4-5-15-6-8-16(9-7-15)22-30-31-23(32-22)20-21(26)28-13-18(29-20)17-10-11-27-19(12-17)24(2,3)14-25;1-2-3-9-4-6-10(7-5-9)14-20-21-15(22-14)12-13(17)18-8-11(16)19-12/h6-13H,4-5H2,1-3H3,(H2,26,28);4-8H,2-3H2,1H3,(H2,17,18). The number of pyridine rings is 1. The molecular formula is C39H37BrN12O2. The van der Waals surface area contributed by atoms with Gasteiger partial charge in [-0.15, -0.1) is 20.4 Å². The fraction of sp³-hybridized carbons (Fsp3) is 0.231. The molecule has 0 aliphatic heterocycles. The van der Waals surface area contributed by atoms with E-state index in [1.165, 1.54) is 17.3 Å². The molecule has 7 aromatic rings. The van der Waals surface area contributed by atoms with Crippen LogP contribution >= 0.6 is 15.9 Å². The van der Waals surface area contributed by atoms with Crippen LogP contribution in [0.2, 0.25) is 0 Å². The van der Waals surface area contributed by atoms with Crippen molar-refractivity contribution in [2.24, 2.45) is 0 Å². The number of rotatable bonds is 10. The topological polar surface area (TPSA) is 218 Å². The Morgan fingerprint density at radius 2 is 1.17 bits per heavy atom. The average molecular weight is 786 g/mol. The number of benzene rings is 2. The molecule has 0 fully saturated rings. The smallest absolute Gasteiger partial charge is 0.270 e. The minimum absolute atomic E-state index is 0.189. The van der Waals surface area contributed by atoms with E-state index in [1.54, 1.807) is 18.5 Å². The molecule has 0 unspecified atom stereocenters. The lowest BCUT2D eigenvalue weighted by Gasteiger charge is -2.15. The highest BCUT2D eigenvalue weighted by Crippen LogP contribution is 2.30. The normalized spacial score (nSPS) is 11.1. The number of anilines is 2. The van der Waals surface area contributed by atoms with E-state index in [4.69, 9.17) is 20.3 Å². The van der Waals surface area contributed by atoms with Gasteiger partial charge in [0.25, 0.3) is 11.8 Å². The van der Waals surface area contributed by atoms with Crippen molar-refractivity contribution in [2.75, 3.05) is 11.5 Å². The lowest BCUT2D eigenvalue weighted by molar-refractivity contribution is 0.581. The van der Waals surface area contributed by atoms with Crippen LogP contribution in [-0.2, 0) is 18.3 Å². The second-order valence-corrected chi connectivity index (χ2v) is 13.6. The van der Waals surface area contributed by atoms with Crippen molar-refractivity contribution in [3.05, 3.63) is 101 Å². The summed E-state index contributed by atoms with van der Waals surface area (Å²) in [6.07, 6.45) is 9.02. The van der Waals surface area contributed by atoms with Gasteiger partial charge in [0.05, 0.1) is 35.3 Å². The maximum Gasteiger partial charge on any atom is 0.270 e. The van der Waals surface area contributed by atoms with E-state index in [2.05, 4.69) is 105 Å². The predicted octanol–water partition coefficient (Wildman–Crippen LogP) is 8.08. The third kappa shape index (κ3) is 8.62. The van der Waals surface area contributed by atoms with Crippen molar-refractivity contribution in [3.8, 4) is 63.4 Å². The first kappa shape index (κ1) is 37.4. The summed E-state index contributed by atoms with van der Waals surface area (Å²) in [5.74, 6) is 1.69. The molecule has 0 spiro atoms. The monoisotopic (exact) mass is 784 g/mol. The third-order valence-corrected chi connectivity index (χ3v) is 8.66. The number of nitrogens with zero attached hydrogens (tertiary/aromatic N) is 10. The number of nitrogen functional groups attached to an aromatic ring is 2. The predicted molar refractivity (Wildman–Crippen MR) is 208 cm³/mol. The average Bonchev–Trinajstić information content (AvgIpc) is 3.89. The van der Waals surface area contributed by atoms with E-state index in [0.717, 1.165) is 42.4 Å². The first-order valence-electron chi connectivity index (χ1n) is 17.2. The summed E-state index contributed by atoms with van der Waals surface area (Å²) in [5.41, 5.74) is 18.0. The molecule has 0 amide bonds. The molecule has 7 rings (SSSR count). The summed E-state index contributed by atoms with van der Waals surface area (Å²) in [7, 11) is 0. The van der Waals surface area contributed by atoms with Crippen LogP contribution in [-0.4, -0.2) is 45.3 Å². The van der Waals surface area contributed by atoms with Gasteiger partial charge in [0.1, 0.15) is 4.60 Å². The first-order valence-corrected chi connectivity index (χ1v) is 18.0. The Balaban J connectivity index is 0.000000197. The van der Waals surface area contributed by atoms with Crippen LogP contribution in [0.25, 0.3) is 57.3 Å². The van der Waals surface area contributed by atoms with E-state index in [9.17, 15) is 5.26 Å². The molecule has 5 heterocycles. The largest absolute Gasteiger partial charge is 0.414 e. The lowest BCUT2D eigenvalue weighted by atomic mass is 9.90. The van der Waals surface area contributed by atoms with Crippen molar-refractivity contribution in [1.29, 1.82) is 5.26 Å². The molecule has 0 atom stereocenters. The summed E-state index contributed by atoms with van der Waals surface area (Å²) in [4.78, 5) is 21.4. The third-order valence-electron chi connectivity index (χ3n) is 8.28. The molecule has 0 saturated carbocycles. The van der Waals surface area contributed by atoms with Gasteiger partial charge in [-0.1, -0.05) is 51.0 Å². The summed E-state index contributed by atoms with van der Waals surface area (Å²) >= 11 is 3.25. The highest BCUT2D eigenvalue weighted by atomic mass is 79.9. The molecule has 0 aliphatic rings. The van der Waals surface area contributed by atoms with Crippen molar-refractivity contribution < 1.29 is 8.83 Å². The van der Waals surface area contributed by atoms with Gasteiger partial charge in [0.2, 0.25) is 11.8 Å². The lowest BCUT2D eigenvalue weighted by Crippen LogP contribution is -2.15. The molecule has 272 valence electrons. The van der Waals surface area contributed by atoms with Gasteiger partial charge < -0.3 is 20.3 Å². The second kappa shape index (κ2) is 16.5. The van der Waals surface area contributed by atoms with Crippen molar-refractivity contribution in [3.63, 3.8) is 0 Å². The van der Waals surface area contributed by atoms with Crippen molar-refractivity contribution in [1.82, 2.24) is 45.3 Å². The van der Waals surface area contributed by atoms with E-state index in [1.807, 2.05) is 44.2 Å². The van der Waals surface area contributed by atoms with Gasteiger partial charge in [-0.3, -0.25) is 4.98 Å². The van der Waals surface area contributed by atoms with Crippen LogP contribution < -0.4 is 11.5 Å². The Kier molecular flexibility index (Phi) is 11.4. The summed E-state index contributed by atoms with van der Waals surface area (Å²) in [6.45, 7) is 7.93. The zero-order valence-corrected chi connectivity index (χ0v) is 31.7. The SMILES string of the molecule is CCCc1ccc(-c2nnc(-c3nc(-c4ccnc(C(C)(C)C#N)c4)cnc3N)o2)cc1.CCCc1ccc(-c2nnc(-c3nc(Br)cnc3N)o2)cc1. The fourth-order valence-corrected chi connectivity index (χ4v) is 5.57. The number of aryl methyl sites for hydroxylation is 2. The molecule has 54 heavy (non-hydrogen) atoms. The Labute approximate surface area is 320 Å². The van der Waals surface area contributed by atoms with Crippen LogP contribution in [0, 0.1) is 11.3 Å². The molecule has 0 radical (unpaired) electrons. The Morgan fingerprint density at radius 3 is 1.69 bits per heavy atom. The molecule has 0 bridgehead atoms. The van der Waals surface area contributed by atoms with Crippen LogP contribution in [0.3, 0.4) is 0 Å². The van der Waals surface area contributed by atoms with Gasteiger partial charge >= 0.3 is 0 Å². The van der Waals surface area contributed by atoms with Crippen LogP contribution in [0.15, 0.2) is 92.7 Å². The molecule has 0 saturated heterocycles. The van der Waals surface area contributed by atoms with Gasteiger partial charge in [-0.2, -0.15) is 5.26 Å². The van der Waals surface area contributed by atoms with Crippen LogP contribution in [0.4, 0.5) is 11.6 Å². The number of aromatic nitrogens is 9. The first-order chi connectivity index (χ1) is 26.1. The van der Waals surface area contributed by atoms with Gasteiger partial charge in [0, 0.05) is 22.9 Å². The van der Waals surface area contributed by atoms with Gasteiger partial charge in [-0.25, -0.2) is 19.9 Å². The molecule has 4 N–H and O–H groups in total. The molecule has 0 aliphatic carbocycles. The van der Waals surface area contributed by atoms with Crippen LogP contribution in [0.1, 0.15) is 57.4 Å². The maximum absolute atomic E-state index is 9.41. The van der Waals surface area contributed by atoms with Crippen LogP contribution in [0.5, 0.6) is 0 Å². The van der Waals surface area contributed by atoms with Gasteiger partial charge in [-0.05, 0) is 90.1 Å². The summed E-state index contributed by atoms with van der Waals surface area (Å²) < 4.78 is 12.1. The quantitative estimate of drug-likeness (QED) is 0.134. The highest BCUT2D eigenvalue weighted by molar-refractivity contribution is 9.10. The number of nitriles is 1. The zero-order valence-electron chi connectivity index (χ0n) is 30.2. The molecule has 5 aromatic heterocycles. The number of hydrogen-bond donors (Lipinski definition) is 2. The molecule has 14 nitrogen and oxygen atoms in total. The fourth-order valence-electron chi connectivity index (χ4n) is 5.29. The maximum atomic E-state index is 9.41. The molecular weight excluding hydrogens is 748 g/mol. The Morgan fingerprint density at radius 1 is 0.667 bits per heavy atom. The Hall–Kier alpha value is -6.40. The van der Waals surface area contributed by atoms with E-state index in [0.29, 0.717) is 39.2 Å². The molecule has 15 heteroatoms. The molecule has 2 aromatic carbocycles. The zero-order chi connectivity index (χ0) is 38.2. The minimum atomic E-state index is -0.728. The van der Waals surface area contributed by atoms with Gasteiger partial charge in [0.15, 0.2) is 23.0 Å². The highest BCUT2D eigenvalue weighted by Gasteiger charge is 2.23. The van der Waals surface area contributed by atoms with Crippen molar-refractivity contribution in [2.45, 2.75) is 58.8 Å². The number of nitrogens with two attached hydrogens (primary N) is 2. The van der Waals surface area contributed by atoms with E-state index < -0.39 is 5.41 Å². The second-order valence-electron chi connectivity index (χ2n) is 12.8.